The van der Waals surface area contributed by atoms with Crippen molar-refractivity contribution in [2.24, 2.45) is 0 Å². The van der Waals surface area contributed by atoms with Crippen molar-refractivity contribution in [3.05, 3.63) is 33.9 Å². The van der Waals surface area contributed by atoms with Crippen molar-refractivity contribution in [3.63, 3.8) is 0 Å². The molecule has 0 saturated carbocycles. The molecule has 7 nitrogen and oxygen atoms in total. The van der Waals surface area contributed by atoms with Gasteiger partial charge < -0.3 is 9.64 Å². The highest BCUT2D eigenvalue weighted by Crippen LogP contribution is 2.26. The van der Waals surface area contributed by atoms with E-state index >= 15 is 0 Å². The fourth-order valence-electron chi connectivity index (χ4n) is 2.19. The lowest BCUT2D eigenvalue weighted by atomic mass is 10.1. The molecule has 1 amide bonds. The van der Waals surface area contributed by atoms with Gasteiger partial charge in [0.2, 0.25) is 0 Å². The first-order chi connectivity index (χ1) is 9.99. The summed E-state index contributed by atoms with van der Waals surface area (Å²) in [6.45, 7) is 2.22. The minimum atomic E-state index is -0.486. The molecular weight excluding hydrogens is 276 g/mol. The largest absolute Gasteiger partial charge is 0.483 e. The molecule has 0 atom stereocenters. The summed E-state index contributed by atoms with van der Waals surface area (Å²) in [5.74, 6) is 0.272. The predicted molar refractivity (Wildman–Crippen MR) is 74.1 cm³/mol. The molecule has 1 aliphatic rings. The summed E-state index contributed by atoms with van der Waals surface area (Å²) in [4.78, 5) is 35.0. The van der Waals surface area contributed by atoms with Crippen molar-refractivity contribution in [2.45, 2.75) is 19.8 Å². The summed E-state index contributed by atoms with van der Waals surface area (Å²) < 4.78 is 5.39. The van der Waals surface area contributed by atoms with Gasteiger partial charge in [0.05, 0.1) is 10.5 Å². The molecule has 1 fully saturated rings. The number of carbonyl (C=O) groups is 2. The zero-order chi connectivity index (χ0) is 15.4. The number of Topliss-reactive ketones (excluding diaryl/α,β-unsaturated/α-hetero) is 1. The minimum Gasteiger partial charge on any atom is -0.483 e. The monoisotopic (exact) mass is 292 g/mol. The highest BCUT2D eigenvalue weighted by Gasteiger charge is 2.21. The van der Waals surface area contributed by atoms with E-state index in [2.05, 4.69) is 0 Å². The number of ketones is 1. The lowest BCUT2D eigenvalue weighted by Gasteiger charge is -2.26. The molecule has 0 aromatic heterocycles. The molecule has 0 spiro atoms. The summed E-state index contributed by atoms with van der Waals surface area (Å²) >= 11 is 0. The van der Waals surface area contributed by atoms with Crippen LogP contribution >= 0.6 is 0 Å². The Bertz CT molecular complexity index is 575. The van der Waals surface area contributed by atoms with E-state index in [1.165, 1.54) is 12.1 Å². The Labute approximate surface area is 121 Å². The minimum absolute atomic E-state index is 0.0384. The topological polar surface area (TPSA) is 89.8 Å². The summed E-state index contributed by atoms with van der Waals surface area (Å²) in [6.07, 6.45) is 0.753. The van der Waals surface area contributed by atoms with Crippen LogP contribution in [-0.2, 0) is 9.59 Å². The Balaban J connectivity index is 1.97. The second-order valence-corrected chi connectivity index (χ2v) is 4.87. The maximum Gasteiger partial charge on any atom is 0.276 e. The maximum atomic E-state index is 12.0. The fraction of sp³-hybridized carbons (Fsp3) is 0.429. The summed E-state index contributed by atoms with van der Waals surface area (Å²) in [5.41, 5.74) is 0.354. The van der Waals surface area contributed by atoms with E-state index in [-0.39, 0.29) is 24.0 Å². The fourth-order valence-corrected chi connectivity index (χ4v) is 2.19. The van der Waals surface area contributed by atoms with Crippen LogP contribution in [-0.4, -0.2) is 41.2 Å². The molecular formula is C14H16N2O5. The number of hydrogen-bond acceptors (Lipinski definition) is 5. The number of nitro groups is 1. The molecule has 21 heavy (non-hydrogen) atoms. The number of carbonyl (C=O) groups excluding carboxylic acids is 2. The van der Waals surface area contributed by atoms with E-state index in [0.29, 0.717) is 37.2 Å². The first-order valence-corrected chi connectivity index (χ1v) is 6.65. The van der Waals surface area contributed by atoms with Crippen LogP contribution < -0.4 is 4.74 Å². The predicted octanol–water partition coefficient (Wildman–Crippen LogP) is 1.47. The second kappa shape index (κ2) is 6.34. The average Bonchev–Trinajstić information content (AvgIpc) is 2.46. The van der Waals surface area contributed by atoms with Crippen molar-refractivity contribution in [2.75, 3.05) is 19.7 Å². The molecule has 0 radical (unpaired) electrons. The van der Waals surface area contributed by atoms with Gasteiger partial charge in [-0.2, -0.15) is 0 Å². The standard InChI is InChI=1S/C14H16N2O5/c1-10-12(16(19)20)3-2-4-13(10)21-9-14(18)15-7-5-11(17)6-8-15/h2-4H,5-9H2,1H3. The Morgan fingerprint density at radius 3 is 2.67 bits per heavy atom. The lowest BCUT2D eigenvalue weighted by Crippen LogP contribution is -2.41. The van der Waals surface area contributed by atoms with E-state index in [1.54, 1.807) is 17.9 Å². The molecule has 1 aromatic carbocycles. The van der Waals surface area contributed by atoms with Crippen LogP contribution in [0.25, 0.3) is 0 Å². The van der Waals surface area contributed by atoms with E-state index < -0.39 is 4.92 Å². The third-order valence-electron chi connectivity index (χ3n) is 3.48. The Kier molecular flexibility index (Phi) is 4.52. The molecule has 2 rings (SSSR count). The van der Waals surface area contributed by atoms with Gasteiger partial charge in [-0.1, -0.05) is 6.07 Å². The molecule has 1 aliphatic heterocycles. The molecule has 0 aliphatic carbocycles. The maximum absolute atomic E-state index is 12.0. The third kappa shape index (κ3) is 3.56. The van der Waals surface area contributed by atoms with Crippen LogP contribution in [0.15, 0.2) is 18.2 Å². The van der Waals surface area contributed by atoms with E-state index in [4.69, 9.17) is 4.74 Å². The van der Waals surface area contributed by atoms with Gasteiger partial charge in [-0.25, -0.2) is 0 Å². The molecule has 112 valence electrons. The number of likely N-dealkylation sites (tertiary alicyclic amines) is 1. The number of amides is 1. The zero-order valence-corrected chi connectivity index (χ0v) is 11.7. The van der Waals surface area contributed by atoms with Gasteiger partial charge in [0.15, 0.2) is 6.61 Å². The SMILES string of the molecule is Cc1c(OCC(=O)N2CCC(=O)CC2)cccc1[N+](=O)[O-]. The number of nitro benzene ring substituents is 1. The van der Waals surface area contributed by atoms with Gasteiger partial charge in [-0.15, -0.1) is 0 Å². The van der Waals surface area contributed by atoms with Crippen molar-refractivity contribution < 1.29 is 19.2 Å². The van der Waals surface area contributed by atoms with Crippen molar-refractivity contribution >= 4 is 17.4 Å². The first-order valence-electron chi connectivity index (χ1n) is 6.65. The molecule has 1 aromatic rings. The number of ether oxygens (including phenoxy) is 1. The number of hydrogen-bond donors (Lipinski definition) is 0. The summed E-state index contributed by atoms with van der Waals surface area (Å²) in [6, 6.07) is 4.50. The molecule has 0 bridgehead atoms. The van der Waals surface area contributed by atoms with Crippen LogP contribution in [0.5, 0.6) is 5.75 Å². The van der Waals surface area contributed by atoms with Gasteiger partial charge in [0, 0.05) is 32.0 Å². The highest BCUT2D eigenvalue weighted by atomic mass is 16.6. The Morgan fingerprint density at radius 1 is 1.38 bits per heavy atom. The van der Waals surface area contributed by atoms with Gasteiger partial charge in [0.25, 0.3) is 11.6 Å². The molecule has 1 saturated heterocycles. The van der Waals surface area contributed by atoms with E-state index in [0.717, 1.165) is 0 Å². The van der Waals surface area contributed by atoms with Crippen molar-refractivity contribution in [1.29, 1.82) is 0 Å². The lowest BCUT2D eigenvalue weighted by molar-refractivity contribution is -0.385. The Hall–Kier alpha value is -2.44. The number of rotatable bonds is 4. The van der Waals surface area contributed by atoms with E-state index in [1.807, 2.05) is 0 Å². The van der Waals surface area contributed by atoms with Gasteiger partial charge in [0.1, 0.15) is 11.5 Å². The van der Waals surface area contributed by atoms with Crippen LogP contribution in [0, 0.1) is 17.0 Å². The first kappa shape index (κ1) is 15.0. The number of benzene rings is 1. The van der Waals surface area contributed by atoms with Crippen molar-refractivity contribution in [1.82, 2.24) is 4.90 Å². The second-order valence-electron chi connectivity index (χ2n) is 4.87. The number of nitrogens with zero attached hydrogens (tertiary/aromatic N) is 2. The quantitative estimate of drug-likeness (QED) is 0.619. The summed E-state index contributed by atoms with van der Waals surface area (Å²) in [5, 5.41) is 10.8. The van der Waals surface area contributed by atoms with E-state index in [9.17, 15) is 19.7 Å². The molecule has 0 N–H and O–H groups in total. The van der Waals surface area contributed by atoms with Crippen molar-refractivity contribution in [3.8, 4) is 5.75 Å². The third-order valence-corrected chi connectivity index (χ3v) is 3.48. The average molecular weight is 292 g/mol. The van der Waals surface area contributed by atoms with Gasteiger partial charge in [-0.3, -0.25) is 19.7 Å². The van der Waals surface area contributed by atoms with Crippen LogP contribution in [0.2, 0.25) is 0 Å². The van der Waals surface area contributed by atoms with Gasteiger partial charge >= 0.3 is 0 Å². The molecule has 0 unspecified atom stereocenters. The van der Waals surface area contributed by atoms with Gasteiger partial charge in [-0.05, 0) is 13.0 Å². The normalized spacial score (nSPS) is 14.9. The van der Waals surface area contributed by atoms with Crippen LogP contribution in [0.1, 0.15) is 18.4 Å². The van der Waals surface area contributed by atoms with Crippen LogP contribution in [0.3, 0.4) is 0 Å². The molecule has 1 heterocycles. The molecule has 7 heteroatoms. The summed E-state index contributed by atoms with van der Waals surface area (Å²) in [7, 11) is 0. The highest BCUT2D eigenvalue weighted by molar-refractivity contribution is 5.84. The van der Waals surface area contributed by atoms with Crippen LogP contribution in [0.4, 0.5) is 5.69 Å². The zero-order valence-electron chi connectivity index (χ0n) is 11.7. The smallest absolute Gasteiger partial charge is 0.276 e. The number of piperidine rings is 1. The Morgan fingerprint density at radius 2 is 2.05 bits per heavy atom.